The Balaban J connectivity index is 1.68. The molecule has 0 unspecified atom stereocenters. The number of rotatable bonds is 6. The van der Waals surface area contributed by atoms with Crippen molar-refractivity contribution in [3.05, 3.63) is 135 Å². The zero-order chi connectivity index (χ0) is 29.3. The third-order valence-electron chi connectivity index (χ3n) is 6.49. The molecule has 0 N–H and O–H groups in total. The minimum absolute atomic E-state index is 0.00672. The van der Waals surface area contributed by atoms with Crippen LogP contribution < -0.4 is 9.04 Å². The van der Waals surface area contributed by atoms with Gasteiger partial charge in [-0.15, -0.1) is 0 Å². The number of sulfonamides is 1. The van der Waals surface area contributed by atoms with Gasteiger partial charge in [-0.25, -0.2) is 13.2 Å². The average molecular weight is 605 g/mol. The van der Waals surface area contributed by atoms with Gasteiger partial charge in [0.1, 0.15) is 5.75 Å². The molecule has 0 aliphatic carbocycles. The summed E-state index contributed by atoms with van der Waals surface area (Å²) in [7, 11) is -4.40. The highest BCUT2D eigenvalue weighted by Gasteiger charge is 2.34. The Morgan fingerprint density at radius 3 is 1.90 bits per heavy atom. The van der Waals surface area contributed by atoms with Crippen LogP contribution in [0.1, 0.15) is 31.8 Å². The Morgan fingerprint density at radius 1 is 0.707 bits per heavy atom. The summed E-state index contributed by atoms with van der Waals surface area (Å²) < 4.78 is 35.0. The van der Waals surface area contributed by atoms with Crippen LogP contribution in [0.5, 0.6) is 5.75 Å². The first-order valence-corrected chi connectivity index (χ1v) is 14.7. The fourth-order valence-electron chi connectivity index (χ4n) is 4.51. The smallest absolute Gasteiger partial charge is 0.343 e. The lowest BCUT2D eigenvalue weighted by Gasteiger charge is -2.25. The maximum atomic E-state index is 14.2. The number of ether oxygens (including phenoxy) is 1. The van der Waals surface area contributed by atoms with Crippen molar-refractivity contribution >= 4 is 61.6 Å². The van der Waals surface area contributed by atoms with Gasteiger partial charge in [-0.1, -0.05) is 65.2 Å². The molecule has 0 saturated carbocycles. The van der Waals surface area contributed by atoms with E-state index in [1.165, 1.54) is 42.5 Å². The van der Waals surface area contributed by atoms with Crippen molar-refractivity contribution in [1.82, 2.24) is 0 Å². The van der Waals surface area contributed by atoms with Crippen LogP contribution >= 0.6 is 23.2 Å². The molecule has 0 aromatic heterocycles. The van der Waals surface area contributed by atoms with E-state index in [0.29, 0.717) is 31.9 Å². The van der Waals surface area contributed by atoms with Gasteiger partial charge in [-0.2, -0.15) is 4.31 Å². The second-order valence-corrected chi connectivity index (χ2v) is 12.0. The number of hydrogen-bond donors (Lipinski definition) is 0. The van der Waals surface area contributed by atoms with E-state index >= 15 is 0 Å². The van der Waals surface area contributed by atoms with E-state index in [0.717, 1.165) is 9.87 Å². The van der Waals surface area contributed by atoms with Crippen molar-refractivity contribution in [3.8, 4) is 5.75 Å². The molecule has 0 bridgehead atoms. The summed E-state index contributed by atoms with van der Waals surface area (Å²) in [6, 6.07) is 26.9. The second kappa shape index (κ2) is 11.4. The highest BCUT2D eigenvalue weighted by Crippen LogP contribution is 2.38. The Morgan fingerprint density at radius 2 is 1.29 bits per heavy atom. The SMILES string of the molecule is Cc1ccc(S(=O)(=O)N(C(=O)c2ccc(Cl)cc2)c2ccc(OC(=O)c3ccc(Cl)cc3)c3ccccc23)c(C)c1. The largest absolute Gasteiger partial charge is 0.422 e. The van der Waals surface area contributed by atoms with Gasteiger partial charge in [0.2, 0.25) is 0 Å². The van der Waals surface area contributed by atoms with Gasteiger partial charge in [0.25, 0.3) is 15.9 Å². The summed E-state index contributed by atoms with van der Waals surface area (Å²) in [6.07, 6.45) is 0. The number of amides is 1. The molecule has 0 fully saturated rings. The van der Waals surface area contributed by atoms with Crippen molar-refractivity contribution in [1.29, 1.82) is 0 Å². The molecule has 41 heavy (non-hydrogen) atoms. The second-order valence-electron chi connectivity index (χ2n) is 9.38. The van der Waals surface area contributed by atoms with Gasteiger partial charge in [-0.3, -0.25) is 4.79 Å². The van der Waals surface area contributed by atoms with Crippen LogP contribution in [0.4, 0.5) is 5.69 Å². The fraction of sp³-hybridized carbons (Fsp3) is 0.0625. The van der Waals surface area contributed by atoms with E-state index in [-0.39, 0.29) is 21.9 Å². The van der Waals surface area contributed by atoms with Gasteiger partial charge in [-0.05, 0) is 86.1 Å². The zero-order valence-corrected chi connectivity index (χ0v) is 24.3. The van der Waals surface area contributed by atoms with Crippen molar-refractivity contribution in [3.63, 3.8) is 0 Å². The molecule has 0 aliphatic heterocycles. The zero-order valence-electron chi connectivity index (χ0n) is 22.0. The van der Waals surface area contributed by atoms with Crippen LogP contribution in [-0.2, 0) is 10.0 Å². The molecule has 6 nitrogen and oxygen atoms in total. The Hall–Kier alpha value is -4.17. The first-order chi connectivity index (χ1) is 19.6. The lowest BCUT2D eigenvalue weighted by molar-refractivity contribution is 0.0736. The van der Waals surface area contributed by atoms with Gasteiger partial charge < -0.3 is 4.74 Å². The lowest BCUT2D eigenvalue weighted by atomic mass is 10.1. The first-order valence-electron chi connectivity index (χ1n) is 12.5. The fourth-order valence-corrected chi connectivity index (χ4v) is 6.41. The first kappa shape index (κ1) is 28.4. The maximum Gasteiger partial charge on any atom is 0.343 e. The third-order valence-corrected chi connectivity index (χ3v) is 8.85. The molecule has 0 radical (unpaired) electrons. The number of aryl methyl sites for hydroxylation is 2. The van der Waals surface area contributed by atoms with Crippen LogP contribution in [0.15, 0.2) is 108 Å². The number of hydrogen-bond acceptors (Lipinski definition) is 5. The number of carbonyl (C=O) groups is 2. The Bertz CT molecular complexity index is 1900. The van der Waals surface area contributed by atoms with E-state index in [4.69, 9.17) is 27.9 Å². The lowest BCUT2D eigenvalue weighted by Crippen LogP contribution is -2.37. The summed E-state index contributed by atoms with van der Waals surface area (Å²) in [5.41, 5.74) is 1.91. The molecule has 5 rings (SSSR count). The highest BCUT2D eigenvalue weighted by molar-refractivity contribution is 7.93. The predicted octanol–water partition coefficient (Wildman–Crippen LogP) is 8.02. The quantitative estimate of drug-likeness (QED) is 0.145. The topological polar surface area (TPSA) is 80.8 Å². The van der Waals surface area contributed by atoms with Crippen molar-refractivity contribution in [2.24, 2.45) is 0 Å². The highest BCUT2D eigenvalue weighted by atomic mass is 35.5. The standard InChI is InChI=1S/C32H23Cl2NO5S/c1-20-7-18-30(21(2)19-20)41(38,39)35(31(36)22-8-12-24(33)13-9-22)28-16-17-29(27-6-4-3-5-26(27)28)40-32(37)23-10-14-25(34)15-11-23/h3-19H,1-2H3. The van der Waals surface area contributed by atoms with E-state index < -0.39 is 21.9 Å². The minimum atomic E-state index is -4.40. The minimum Gasteiger partial charge on any atom is -0.422 e. The van der Waals surface area contributed by atoms with Crippen LogP contribution in [0.25, 0.3) is 10.8 Å². The van der Waals surface area contributed by atoms with E-state index in [1.807, 2.05) is 6.92 Å². The number of carbonyl (C=O) groups excluding carboxylic acids is 2. The van der Waals surface area contributed by atoms with Crippen LogP contribution in [-0.4, -0.2) is 20.3 Å². The number of esters is 1. The normalized spacial score (nSPS) is 11.3. The van der Waals surface area contributed by atoms with Gasteiger partial charge in [0.15, 0.2) is 0 Å². The monoisotopic (exact) mass is 603 g/mol. The van der Waals surface area contributed by atoms with Gasteiger partial charge >= 0.3 is 5.97 Å². The molecule has 0 atom stereocenters. The Labute approximate surface area is 247 Å². The molecular formula is C32H23Cl2NO5S. The van der Waals surface area contributed by atoms with Gasteiger partial charge in [0.05, 0.1) is 16.1 Å². The number of fused-ring (bicyclic) bond motifs is 1. The molecule has 0 heterocycles. The van der Waals surface area contributed by atoms with Gasteiger partial charge in [0, 0.05) is 26.4 Å². The third kappa shape index (κ3) is 5.70. The van der Waals surface area contributed by atoms with E-state index in [2.05, 4.69) is 0 Å². The van der Waals surface area contributed by atoms with Crippen LogP contribution in [0, 0.1) is 13.8 Å². The molecule has 5 aromatic carbocycles. The van der Waals surface area contributed by atoms with Crippen LogP contribution in [0.2, 0.25) is 10.0 Å². The number of nitrogens with zero attached hydrogens (tertiary/aromatic N) is 1. The number of anilines is 1. The molecule has 0 saturated heterocycles. The molecule has 0 aliphatic rings. The molecule has 1 amide bonds. The molecule has 5 aromatic rings. The van der Waals surface area contributed by atoms with Crippen molar-refractivity contribution in [2.75, 3.05) is 4.31 Å². The van der Waals surface area contributed by atoms with Crippen molar-refractivity contribution in [2.45, 2.75) is 18.7 Å². The van der Waals surface area contributed by atoms with Crippen molar-refractivity contribution < 1.29 is 22.7 Å². The summed E-state index contributed by atoms with van der Waals surface area (Å²) >= 11 is 12.0. The average Bonchev–Trinajstić information content (AvgIpc) is 2.94. The molecule has 0 spiro atoms. The summed E-state index contributed by atoms with van der Waals surface area (Å²) in [5.74, 6) is -1.18. The van der Waals surface area contributed by atoms with E-state index in [1.54, 1.807) is 67.6 Å². The summed E-state index contributed by atoms with van der Waals surface area (Å²) in [5, 5.41) is 1.72. The maximum absolute atomic E-state index is 14.2. The number of benzene rings is 5. The predicted molar refractivity (Wildman–Crippen MR) is 162 cm³/mol. The summed E-state index contributed by atoms with van der Waals surface area (Å²) in [6.45, 7) is 3.54. The summed E-state index contributed by atoms with van der Waals surface area (Å²) in [4.78, 5) is 26.9. The molecule has 206 valence electrons. The number of halogens is 2. The van der Waals surface area contributed by atoms with E-state index in [9.17, 15) is 18.0 Å². The van der Waals surface area contributed by atoms with Crippen LogP contribution in [0.3, 0.4) is 0 Å². The Kier molecular flexibility index (Phi) is 7.87. The molecular weight excluding hydrogens is 581 g/mol. The molecule has 9 heteroatoms.